The molecule has 19 heavy (non-hydrogen) atoms. The number of anilines is 1. The fourth-order valence-corrected chi connectivity index (χ4v) is 2.47. The van der Waals surface area contributed by atoms with Gasteiger partial charge in [-0.25, -0.2) is 14.2 Å². The van der Waals surface area contributed by atoms with E-state index in [4.69, 9.17) is 5.11 Å². The number of hydrogen-bond donors (Lipinski definition) is 2. The maximum Gasteiger partial charge on any atom is 0.355 e. The zero-order valence-corrected chi connectivity index (χ0v) is 11.1. The molecule has 1 aromatic carbocycles. The summed E-state index contributed by atoms with van der Waals surface area (Å²) in [7, 11) is 0. The van der Waals surface area contributed by atoms with Crippen molar-refractivity contribution in [3.63, 3.8) is 0 Å². The molecular formula is C13H13FN2O2S. The third-order valence-corrected chi connectivity index (χ3v) is 3.53. The van der Waals surface area contributed by atoms with Crippen LogP contribution >= 0.6 is 11.3 Å². The van der Waals surface area contributed by atoms with Crippen LogP contribution in [0.2, 0.25) is 0 Å². The highest BCUT2D eigenvalue weighted by Gasteiger charge is 2.13. The molecule has 2 rings (SSSR count). The summed E-state index contributed by atoms with van der Waals surface area (Å²) < 4.78 is 12.7. The van der Waals surface area contributed by atoms with E-state index in [1.807, 2.05) is 0 Å². The van der Waals surface area contributed by atoms with E-state index in [9.17, 15) is 9.18 Å². The van der Waals surface area contributed by atoms with Gasteiger partial charge in [0.1, 0.15) is 5.82 Å². The van der Waals surface area contributed by atoms with Crippen LogP contribution in [0.4, 0.5) is 9.52 Å². The molecule has 0 spiro atoms. The summed E-state index contributed by atoms with van der Waals surface area (Å²) in [4.78, 5) is 15.5. The standard InChI is InChI=1S/C13H13FN2O2S/c1-8-11(12(17)18)16-13(19-8)15-7-6-9-2-4-10(14)5-3-9/h2-5H,6-7H2,1H3,(H,15,16)(H,17,18). The average molecular weight is 280 g/mol. The molecule has 1 heterocycles. The smallest absolute Gasteiger partial charge is 0.355 e. The Balaban J connectivity index is 1.90. The van der Waals surface area contributed by atoms with Crippen LogP contribution in [-0.2, 0) is 6.42 Å². The minimum Gasteiger partial charge on any atom is -0.476 e. The lowest BCUT2D eigenvalue weighted by Crippen LogP contribution is -2.05. The van der Waals surface area contributed by atoms with E-state index in [0.717, 1.165) is 12.0 Å². The largest absolute Gasteiger partial charge is 0.476 e. The fraction of sp³-hybridized carbons (Fsp3) is 0.231. The molecule has 0 unspecified atom stereocenters. The highest BCUT2D eigenvalue weighted by atomic mass is 32.1. The van der Waals surface area contributed by atoms with Crippen molar-refractivity contribution in [3.05, 3.63) is 46.2 Å². The van der Waals surface area contributed by atoms with E-state index < -0.39 is 5.97 Å². The van der Waals surface area contributed by atoms with Gasteiger partial charge in [-0.15, -0.1) is 11.3 Å². The summed E-state index contributed by atoms with van der Waals surface area (Å²) in [6, 6.07) is 6.30. The number of nitrogens with one attached hydrogen (secondary N) is 1. The number of aromatic carboxylic acids is 1. The first-order chi connectivity index (χ1) is 9.06. The van der Waals surface area contributed by atoms with E-state index in [2.05, 4.69) is 10.3 Å². The third-order valence-electron chi connectivity index (χ3n) is 2.60. The Bertz CT molecular complexity index is 581. The maximum absolute atomic E-state index is 12.7. The summed E-state index contributed by atoms with van der Waals surface area (Å²) in [5.41, 5.74) is 1.11. The first-order valence-corrected chi connectivity index (χ1v) is 6.57. The van der Waals surface area contributed by atoms with Crippen molar-refractivity contribution in [2.24, 2.45) is 0 Å². The number of halogens is 1. The molecule has 0 saturated carbocycles. The molecule has 2 N–H and O–H groups in total. The Kier molecular flexibility index (Phi) is 4.11. The normalized spacial score (nSPS) is 10.4. The summed E-state index contributed by atoms with van der Waals surface area (Å²) in [5.74, 6) is -1.27. The number of aromatic nitrogens is 1. The fourth-order valence-electron chi connectivity index (χ4n) is 1.64. The number of carboxylic acid groups (broad SMARTS) is 1. The van der Waals surface area contributed by atoms with Crippen LogP contribution in [0.5, 0.6) is 0 Å². The molecule has 0 aliphatic heterocycles. The minimum atomic E-state index is -1.01. The second kappa shape index (κ2) is 5.79. The molecule has 0 aliphatic carbocycles. The van der Waals surface area contributed by atoms with Gasteiger partial charge in [-0.05, 0) is 31.0 Å². The molecule has 100 valence electrons. The highest BCUT2D eigenvalue weighted by molar-refractivity contribution is 7.15. The summed E-state index contributed by atoms with van der Waals surface area (Å²) >= 11 is 1.32. The number of aryl methyl sites for hydroxylation is 1. The van der Waals surface area contributed by atoms with Crippen LogP contribution < -0.4 is 5.32 Å². The Morgan fingerprint density at radius 2 is 2.11 bits per heavy atom. The van der Waals surface area contributed by atoms with Crippen LogP contribution in [0, 0.1) is 12.7 Å². The van der Waals surface area contributed by atoms with Gasteiger partial charge in [-0.2, -0.15) is 0 Å². The molecule has 2 aromatic rings. The zero-order valence-electron chi connectivity index (χ0n) is 10.3. The summed E-state index contributed by atoms with van der Waals surface area (Å²) in [5, 5.41) is 12.6. The molecule has 0 fully saturated rings. The predicted octanol–water partition coefficient (Wildman–Crippen LogP) is 2.94. The van der Waals surface area contributed by atoms with E-state index >= 15 is 0 Å². The van der Waals surface area contributed by atoms with E-state index in [0.29, 0.717) is 16.6 Å². The van der Waals surface area contributed by atoms with Crippen LogP contribution in [0.3, 0.4) is 0 Å². The topological polar surface area (TPSA) is 62.2 Å². The predicted molar refractivity (Wildman–Crippen MR) is 72.4 cm³/mol. The van der Waals surface area contributed by atoms with Gasteiger partial charge in [-0.1, -0.05) is 12.1 Å². The molecule has 0 amide bonds. The molecule has 4 nitrogen and oxygen atoms in total. The molecule has 0 aliphatic rings. The maximum atomic E-state index is 12.7. The van der Waals surface area contributed by atoms with Gasteiger partial charge >= 0.3 is 5.97 Å². The van der Waals surface area contributed by atoms with Crippen molar-refractivity contribution in [3.8, 4) is 0 Å². The number of nitrogens with zero attached hydrogens (tertiary/aromatic N) is 1. The zero-order chi connectivity index (χ0) is 13.8. The van der Waals surface area contributed by atoms with Crippen molar-refractivity contribution >= 4 is 22.4 Å². The first-order valence-electron chi connectivity index (χ1n) is 5.75. The first kappa shape index (κ1) is 13.5. The Morgan fingerprint density at radius 3 is 2.68 bits per heavy atom. The van der Waals surface area contributed by atoms with Gasteiger partial charge in [0.25, 0.3) is 0 Å². The molecule has 1 aromatic heterocycles. The lowest BCUT2D eigenvalue weighted by molar-refractivity contribution is 0.0690. The monoisotopic (exact) mass is 280 g/mol. The van der Waals surface area contributed by atoms with Gasteiger partial charge in [0.05, 0.1) is 0 Å². The van der Waals surface area contributed by atoms with E-state index in [-0.39, 0.29) is 11.5 Å². The van der Waals surface area contributed by atoms with Crippen molar-refractivity contribution < 1.29 is 14.3 Å². The average Bonchev–Trinajstić information content (AvgIpc) is 2.73. The number of benzene rings is 1. The molecular weight excluding hydrogens is 267 g/mol. The van der Waals surface area contributed by atoms with Crippen molar-refractivity contribution in [2.75, 3.05) is 11.9 Å². The quantitative estimate of drug-likeness (QED) is 0.884. The van der Waals surface area contributed by atoms with Crippen LogP contribution in [0.15, 0.2) is 24.3 Å². The van der Waals surface area contributed by atoms with E-state index in [1.165, 1.54) is 23.5 Å². The lowest BCUT2D eigenvalue weighted by Gasteiger charge is -2.02. The van der Waals surface area contributed by atoms with Crippen molar-refractivity contribution in [2.45, 2.75) is 13.3 Å². The molecule has 6 heteroatoms. The molecule has 0 atom stereocenters. The van der Waals surface area contributed by atoms with Crippen LogP contribution in [0.25, 0.3) is 0 Å². The Hall–Kier alpha value is -1.95. The second-order valence-electron chi connectivity index (χ2n) is 4.03. The highest BCUT2D eigenvalue weighted by Crippen LogP contribution is 2.21. The van der Waals surface area contributed by atoms with Gasteiger partial charge < -0.3 is 10.4 Å². The third kappa shape index (κ3) is 3.51. The van der Waals surface area contributed by atoms with Crippen molar-refractivity contribution in [1.29, 1.82) is 0 Å². The summed E-state index contributed by atoms with van der Waals surface area (Å²) in [6.45, 7) is 2.35. The number of hydrogen-bond acceptors (Lipinski definition) is 4. The second-order valence-corrected chi connectivity index (χ2v) is 5.24. The number of carbonyl (C=O) groups is 1. The minimum absolute atomic E-state index is 0.0919. The molecule has 0 radical (unpaired) electrons. The summed E-state index contributed by atoms with van der Waals surface area (Å²) in [6.07, 6.45) is 0.724. The molecule has 0 bridgehead atoms. The van der Waals surface area contributed by atoms with Gasteiger partial charge in [0.15, 0.2) is 10.8 Å². The number of thiazole rings is 1. The van der Waals surface area contributed by atoms with Crippen LogP contribution in [0.1, 0.15) is 20.9 Å². The van der Waals surface area contributed by atoms with Crippen molar-refractivity contribution in [1.82, 2.24) is 4.98 Å². The lowest BCUT2D eigenvalue weighted by atomic mass is 10.1. The van der Waals surface area contributed by atoms with E-state index in [1.54, 1.807) is 19.1 Å². The molecule has 0 saturated heterocycles. The van der Waals surface area contributed by atoms with Gasteiger partial charge in [0, 0.05) is 11.4 Å². The van der Waals surface area contributed by atoms with Gasteiger partial charge in [0.2, 0.25) is 0 Å². The number of carboxylic acids is 1. The van der Waals surface area contributed by atoms with Gasteiger partial charge in [-0.3, -0.25) is 0 Å². The number of rotatable bonds is 5. The SMILES string of the molecule is Cc1sc(NCCc2ccc(F)cc2)nc1C(=O)O. The Labute approximate surface area is 113 Å². The van der Waals surface area contributed by atoms with Crippen LogP contribution in [-0.4, -0.2) is 22.6 Å². The Morgan fingerprint density at radius 1 is 1.42 bits per heavy atom.